The van der Waals surface area contributed by atoms with Crippen molar-refractivity contribution >= 4 is 29.1 Å². The SMILES string of the molecule is CN(CC(O)(c1ccc(Cl)cc1)c1ccc(Cl)cc1)C(=O)c1cc(Cn2ccc(=O)[nH]c2=O)ccn1. The molecule has 1 amide bonds. The summed E-state index contributed by atoms with van der Waals surface area (Å²) >= 11 is 12.1. The van der Waals surface area contributed by atoms with Crippen molar-refractivity contribution in [2.24, 2.45) is 0 Å². The summed E-state index contributed by atoms with van der Waals surface area (Å²) in [6.45, 7) is 0.0575. The van der Waals surface area contributed by atoms with Gasteiger partial charge in [-0.3, -0.25) is 24.1 Å². The number of amides is 1. The van der Waals surface area contributed by atoms with Crippen LogP contribution in [0.5, 0.6) is 0 Å². The van der Waals surface area contributed by atoms with Gasteiger partial charge in [0.1, 0.15) is 11.3 Å². The van der Waals surface area contributed by atoms with Crippen LogP contribution in [-0.4, -0.2) is 44.0 Å². The number of benzene rings is 2. The summed E-state index contributed by atoms with van der Waals surface area (Å²) in [5, 5.41) is 12.9. The Morgan fingerprint density at radius 2 is 1.58 bits per heavy atom. The molecule has 4 aromatic rings. The lowest BCUT2D eigenvalue weighted by Gasteiger charge is -2.33. The van der Waals surface area contributed by atoms with Crippen LogP contribution in [0.25, 0.3) is 0 Å². The first-order valence-corrected chi connectivity index (χ1v) is 11.7. The second-order valence-corrected chi connectivity index (χ2v) is 9.20. The fourth-order valence-corrected chi connectivity index (χ4v) is 4.12. The number of pyridine rings is 1. The van der Waals surface area contributed by atoms with Gasteiger partial charge >= 0.3 is 5.69 Å². The molecule has 0 aliphatic rings. The zero-order valence-electron chi connectivity index (χ0n) is 19.2. The second kappa shape index (κ2) is 10.5. The molecule has 0 radical (unpaired) electrons. The van der Waals surface area contributed by atoms with Crippen LogP contribution in [0.2, 0.25) is 10.0 Å². The minimum atomic E-state index is -1.56. The molecule has 2 N–H and O–H groups in total. The van der Waals surface area contributed by atoms with Gasteiger partial charge in [-0.15, -0.1) is 0 Å². The molecular formula is C26H22Cl2N4O4. The fraction of sp³-hybridized carbons (Fsp3) is 0.154. The average Bonchev–Trinajstić information content (AvgIpc) is 2.86. The van der Waals surface area contributed by atoms with Gasteiger partial charge in [0.15, 0.2) is 0 Å². The van der Waals surface area contributed by atoms with E-state index >= 15 is 0 Å². The minimum Gasteiger partial charge on any atom is -0.379 e. The molecule has 0 fully saturated rings. The quantitative estimate of drug-likeness (QED) is 0.385. The number of nitrogens with zero attached hydrogens (tertiary/aromatic N) is 3. The van der Waals surface area contributed by atoms with Gasteiger partial charge in [-0.05, 0) is 53.1 Å². The molecule has 0 saturated heterocycles. The number of hydrogen-bond donors (Lipinski definition) is 2. The molecule has 10 heteroatoms. The van der Waals surface area contributed by atoms with Crippen molar-refractivity contribution in [3.8, 4) is 0 Å². The molecule has 0 atom stereocenters. The Hall–Kier alpha value is -3.72. The number of hydrogen-bond acceptors (Lipinski definition) is 5. The highest BCUT2D eigenvalue weighted by molar-refractivity contribution is 6.30. The van der Waals surface area contributed by atoms with Crippen LogP contribution in [-0.2, 0) is 12.1 Å². The third-order valence-corrected chi connectivity index (χ3v) is 6.25. The van der Waals surface area contributed by atoms with Crippen LogP contribution in [0.1, 0.15) is 27.2 Å². The molecule has 184 valence electrons. The number of rotatable bonds is 7. The number of halogens is 2. The number of carbonyl (C=O) groups excluding carboxylic acids is 1. The number of carbonyl (C=O) groups is 1. The van der Waals surface area contributed by atoms with E-state index in [1.54, 1.807) is 67.7 Å². The van der Waals surface area contributed by atoms with E-state index in [2.05, 4.69) is 9.97 Å². The highest BCUT2D eigenvalue weighted by Gasteiger charge is 2.35. The predicted octanol–water partition coefficient (Wildman–Crippen LogP) is 3.29. The Labute approximate surface area is 216 Å². The summed E-state index contributed by atoms with van der Waals surface area (Å²) in [7, 11) is 1.57. The van der Waals surface area contributed by atoms with Gasteiger partial charge in [0.25, 0.3) is 11.5 Å². The Morgan fingerprint density at radius 3 is 2.14 bits per heavy atom. The van der Waals surface area contributed by atoms with Crippen LogP contribution in [0.15, 0.2) is 88.7 Å². The van der Waals surface area contributed by atoms with Crippen molar-refractivity contribution < 1.29 is 9.90 Å². The van der Waals surface area contributed by atoms with Gasteiger partial charge in [-0.1, -0.05) is 47.5 Å². The third-order valence-electron chi connectivity index (χ3n) is 5.75. The molecule has 36 heavy (non-hydrogen) atoms. The molecule has 0 aliphatic carbocycles. The van der Waals surface area contributed by atoms with Crippen molar-refractivity contribution in [1.29, 1.82) is 0 Å². The zero-order chi connectivity index (χ0) is 25.9. The zero-order valence-corrected chi connectivity index (χ0v) is 20.7. The van der Waals surface area contributed by atoms with E-state index in [1.807, 2.05) is 0 Å². The molecule has 0 bridgehead atoms. The van der Waals surface area contributed by atoms with E-state index in [0.717, 1.165) is 0 Å². The van der Waals surface area contributed by atoms with E-state index in [-0.39, 0.29) is 18.8 Å². The van der Waals surface area contributed by atoms with Gasteiger partial charge in [-0.2, -0.15) is 0 Å². The summed E-state index contributed by atoms with van der Waals surface area (Å²) in [5.41, 5.74) is -0.720. The fourth-order valence-electron chi connectivity index (χ4n) is 3.87. The molecule has 2 aromatic carbocycles. The Kier molecular flexibility index (Phi) is 7.40. The van der Waals surface area contributed by atoms with Crippen molar-refractivity contribution in [3.05, 3.63) is 132 Å². The minimum absolute atomic E-state index is 0.0830. The average molecular weight is 525 g/mol. The van der Waals surface area contributed by atoms with Crippen molar-refractivity contribution in [3.63, 3.8) is 0 Å². The number of likely N-dealkylation sites (N-methyl/N-ethyl adjacent to an activating group) is 1. The highest BCUT2D eigenvalue weighted by atomic mass is 35.5. The summed E-state index contributed by atoms with van der Waals surface area (Å²) in [4.78, 5) is 44.4. The number of H-pyrrole nitrogens is 1. The molecule has 0 unspecified atom stereocenters. The lowest BCUT2D eigenvalue weighted by molar-refractivity contribution is 0.0361. The predicted molar refractivity (Wildman–Crippen MR) is 138 cm³/mol. The van der Waals surface area contributed by atoms with Crippen molar-refractivity contribution in [2.45, 2.75) is 12.1 Å². The van der Waals surface area contributed by atoms with E-state index in [1.165, 1.54) is 27.9 Å². The van der Waals surface area contributed by atoms with Crippen molar-refractivity contribution in [1.82, 2.24) is 19.4 Å². The summed E-state index contributed by atoms with van der Waals surface area (Å²) < 4.78 is 1.31. The maximum absolute atomic E-state index is 13.3. The van der Waals surface area contributed by atoms with E-state index in [0.29, 0.717) is 26.7 Å². The van der Waals surface area contributed by atoms with E-state index in [9.17, 15) is 19.5 Å². The Balaban J connectivity index is 1.61. The van der Waals surface area contributed by atoms with Gasteiger partial charge in [0, 0.05) is 35.6 Å². The number of nitrogens with one attached hydrogen (secondary N) is 1. The molecule has 0 aliphatic heterocycles. The van der Waals surface area contributed by atoms with Gasteiger partial charge < -0.3 is 10.0 Å². The van der Waals surface area contributed by atoms with E-state index < -0.39 is 22.8 Å². The normalized spacial score (nSPS) is 11.3. The number of aromatic amines is 1. The second-order valence-electron chi connectivity index (χ2n) is 8.32. The molecule has 0 saturated carbocycles. The topological polar surface area (TPSA) is 108 Å². The molecule has 2 heterocycles. The monoisotopic (exact) mass is 524 g/mol. The largest absolute Gasteiger partial charge is 0.379 e. The molecular weight excluding hydrogens is 503 g/mol. The first-order chi connectivity index (χ1) is 17.2. The Morgan fingerprint density at radius 1 is 1.00 bits per heavy atom. The van der Waals surface area contributed by atoms with Crippen LogP contribution < -0.4 is 11.2 Å². The summed E-state index contributed by atoms with van der Waals surface area (Å²) in [5.74, 6) is -0.424. The third kappa shape index (κ3) is 5.57. The van der Waals surface area contributed by atoms with Crippen LogP contribution in [0, 0.1) is 0 Å². The summed E-state index contributed by atoms with van der Waals surface area (Å²) in [6, 6.07) is 18.0. The molecule has 0 spiro atoms. The van der Waals surface area contributed by atoms with Crippen LogP contribution in [0.3, 0.4) is 0 Å². The number of aromatic nitrogens is 3. The van der Waals surface area contributed by atoms with Crippen LogP contribution >= 0.6 is 23.2 Å². The van der Waals surface area contributed by atoms with Gasteiger partial charge in [0.05, 0.1) is 13.1 Å². The maximum Gasteiger partial charge on any atom is 0.328 e. The standard InChI is InChI=1S/C26H22Cl2N4O4/c1-31(16-26(36,18-2-6-20(27)7-3-18)19-4-8-21(28)9-5-19)24(34)22-14-17(10-12-29-22)15-32-13-11-23(33)30-25(32)35/h2-14,36H,15-16H2,1H3,(H,30,33,35). The first kappa shape index (κ1) is 25.4. The molecule has 4 rings (SSSR count). The molecule has 8 nitrogen and oxygen atoms in total. The van der Waals surface area contributed by atoms with Crippen LogP contribution in [0.4, 0.5) is 0 Å². The Bertz CT molecular complexity index is 1450. The smallest absolute Gasteiger partial charge is 0.328 e. The number of aliphatic hydroxyl groups is 1. The highest BCUT2D eigenvalue weighted by Crippen LogP contribution is 2.32. The van der Waals surface area contributed by atoms with Crippen molar-refractivity contribution in [2.75, 3.05) is 13.6 Å². The van der Waals surface area contributed by atoms with Gasteiger partial charge in [-0.25, -0.2) is 4.79 Å². The maximum atomic E-state index is 13.3. The van der Waals surface area contributed by atoms with E-state index in [4.69, 9.17) is 23.2 Å². The lowest BCUT2D eigenvalue weighted by atomic mass is 9.85. The molecule has 2 aromatic heterocycles. The van der Waals surface area contributed by atoms with Gasteiger partial charge in [0.2, 0.25) is 0 Å². The lowest BCUT2D eigenvalue weighted by Crippen LogP contribution is -2.43. The summed E-state index contributed by atoms with van der Waals surface area (Å²) in [6.07, 6.45) is 2.85. The first-order valence-electron chi connectivity index (χ1n) is 10.9.